The molecule has 3 aliphatic rings. The lowest BCUT2D eigenvalue weighted by molar-refractivity contribution is -0.139. The second-order valence-electron chi connectivity index (χ2n) is 7.15. The van der Waals surface area contributed by atoms with Crippen LogP contribution in [0.2, 0.25) is 0 Å². The number of fused-ring (bicyclic) bond motifs is 2. The number of amides is 1. The second-order valence-corrected chi connectivity index (χ2v) is 7.15. The first kappa shape index (κ1) is 16.4. The molecule has 0 radical (unpaired) electrons. The Balaban J connectivity index is 1.39. The Bertz CT molecular complexity index is 893. The maximum absolute atomic E-state index is 12.9. The van der Waals surface area contributed by atoms with Crippen molar-refractivity contribution in [2.45, 2.75) is 12.5 Å². The quantitative estimate of drug-likeness (QED) is 0.803. The third kappa shape index (κ3) is 2.88. The van der Waals surface area contributed by atoms with Crippen LogP contribution in [0.5, 0.6) is 17.4 Å². The summed E-state index contributed by atoms with van der Waals surface area (Å²) in [5.41, 5.74) is 3.00. The molecule has 3 aliphatic heterocycles. The van der Waals surface area contributed by atoms with Gasteiger partial charge in [0.15, 0.2) is 17.6 Å². The Morgan fingerprint density at radius 2 is 1.93 bits per heavy atom. The van der Waals surface area contributed by atoms with E-state index in [1.165, 1.54) is 0 Å². The van der Waals surface area contributed by atoms with Crippen LogP contribution >= 0.6 is 0 Å². The summed E-state index contributed by atoms with van der Waals surface area (Å²) in [7, 11) is 2.07. The van der Waals surface area contributed by atoms with Gasteiger partial charge in [-0.05, 0) is 36.4 Å². The van der Waals surface area contributed by atoms with Gasteiger partial charge in [0.2, 0.25) is 12.7 Å². The van der Waals surface area contributed by atoms with Gasteiger partial charge in [-0.25, -0.2) is 4.98 Å². The Kier molecular flexibility index (Phi) is 3.89. The van der Waals surface area contributed by atoms with Gasteiger partial charge in [0.05, 0.1) is 0 Å². The molecule has 27 heavy (non-hydrogen) atoms. The number of piperazine rings is 1. The van der Waals surface area contributed by atoms with E-state index in [2.05, 4.69) is 16.9 Å². The minimum Gasteiger partial charge on any atom is -0.464 e. The summed E-state index contributed by atoms with van der Waals surface area (Å²) in [6, 6.07) is 7.84. The smallest absolute Gasteiger partial charge is 0.264 e. The summed E-state index contributed by atoms with van der Waals surface area (Å²) >= 11 is 0. The van der Waals surface area contributed by atoms with Gasteiger partial charge in [-0.2, -0.15) is 0 Å². The summed E-state index contributed by atoms with van der Waals surface area (Å²) < 4.78 is 16.8. The van der Waals surface area contributed by atoms with Crippen LogP contribution < -0.4 is 14.2 Å². The van der Waals surface area contributed by atoms with Gasteiger partial charge < -0.3 is 24.0 Å². The van der Waals surface area contributed by atoms with Gasteiger partial charge in [0.1, 0.15) is 0 Å². The molecule has 0 aliphatic carbocycles. The number of ether oxygens (including phenoxy) is 3. The van der Waals surface area contributed by atoms with Crippen LogP contribution in [0.4, 0.5) is 0 Å². The molecule has 140 valence electrons. The van der Waals surface area contributed by atoms with E-state index in [0.29, 0.717) is 12.3 Å². The van der Waals surface area contributed by atoms with E-state index in [1.807, 2.05) is 29.2 Å². The van der Waals surface area contributed by atoms with Crippen molar-refractivity contribution in [3.8, 4) is 28.5 Å². The van der Waals surface area contributed by atoms with E-state index in [9.17, 15) is 4.79 Å². The van der Waals surface area contributed by atoms with E-state index in [1.54, 1.807) is 6.20 Å². The maximum atomic E-state index is 12.9. The minimum absolute atomic E-state index is 0.0535. The molecule has 0 spiro atoms. The molecule has 2 aromatic rings. The van der Waals surface area contributed by atoms with Crippen molar-refractivity contribution >= 4 is 5.91 Å². The second kappa shape index (κ2) is 6.42. The fraction of sp³-hybridized carbons (Fsp3) is 0.400. The van der Waals surface area contributed by atoms with Crippen molar-refractivity contribution in [1.82, 2.24) is 14.8 Å². The molecule has 1 saturated heterocycles. The SMILES string of the molecule is CN1CCN(C(=O)C2Cc3c(-c4ccc5c(c4)OCO5)ccnc3O2)CC1. The summed E-state index contributed by atoms with van der Waals surface area (Å²) in [6.07, 6.45) is 1.77. The monoisotopic (exact) mass is 367 g/mol. The molecule has 0 N–H and O–H groups in total. The largest absolute Gasteiger partial charge is 0.464 e. The van der Waals surface area contributed by atoms with E-state index < -0.39 is 6.10 Å². The molecule has 4 heterocycles. The molecule has 1 fully saturated rings. The van der Waals surface area contributed by atoms with Crippen molar-refractivity contribution in [3.63, 3.8) is 0 Å². The lowest BCUT2D eigenvalue weighted by Gasteiger charge is -2.33. The van der Waals surface area contributed by atoms with Crippen LogP contribution in [0.15, 0.2) is 30.5 Å². The van der Waals surface area contributed by atoms with Crippen molar-refractivity contribution < 1.29 is 19.0 Å². The zero-order valence-electron chi connectivity index (χ0n) is 15.2. The zero-order valence-corrected chi connectivity index (χ0v) is 15.2. The van der Waals surface area contributed by atoms with Gasteiger partial charge in [-0.3, -0.25) is 4.79 Å². The fourth-order valence-corrected chi connectivity index (χ4v) is 3.84. The number of hydrogen-bond donors (Lipinski definition) is 0. The number of pyridine rings is 1. The Labute approximate surface area is 157 Å². The fourth-order valence-electron chi connectivity index (χ4n) is 3.84. The Morgan fingerprint density at radius 3 is 2.78 bits per heavy atom. The van der Waals surface area contributed by atoms with E-state index in [4.69, 9.17) is 14.2 Å². The predicted molar refractivity (Wildman–Crippen MR) is 98.0 cm³/mol. The van der Waals surface area contributed by atoms with Crippen LogP contribution in [0.3, 0.4) is 0 Å². The summed E-state index contributed by atoms with van der Waals surface area (Å²) in [5, 5.41) is 0. The lowest BCUT2D eigenvalue weighted by Crippen LogP contribution is -2.51. The van der Waals surface area contributed by atoms with Crippen molar-refractivity contribution in [1.29, 1.82) is 0 Å². The highest BCUT2D eigenvalue weighted by atomic mass is 16.7. The number of carbonyl (C=O) groups excluding carboxylic acids is 1. The van der Waals surface area contributed by atoms with Gasteiger partial charge in [0, 0.05) is 44.4 Å². The van der Waals surface area contributed by atoms with Crippen molar-refractivity contribution in [2.24, 2.45) is 0 Å². The molecule has 1 unspecified atom stereocenters. The van der Waals surface area contributed by atoms with Gasteiger partial charge in [-0.15, -0.1) is 0 Å². The average Bonchev–Trinajstić information content (AvgIpc) is 3.33. The van der Waals surface area contributed by atoms with Gasteiger partial charge in [0.25, 0.3) is 5.91 Å². The minimum atomic E-state index is -0.494. The van der Waals surface area contributed by atoms with Crippen LogP contribution in [-0.4, -0.2) is 66.8 Å². The number of aromatic nitrogens is 1. The number of hydrogen-bond acceptors (Lipinski definition) is 6. The third-order valence-corrected chi connectivity index (χ3v) is 5.43. The lowest BCUT2D eigenvalue weighted by atomic mass is 9.98. The Morgan fingerprint density at radius 1 is 1.11 bits per heavy atom. The average molecular weight is 367 g/mol. The number of carbonyl (C=O) groups is 1. The highest BCUT2D eigenvalue weighted by molar-refractivity contribution is 5.84. The van der Waals surface area contributed by atoms with Gasteiger partial charge in [-0.1, -0.05) is 6.07 Å². The van der Waals surface area contributed by atoms with E-state index in [0.717, 1.165) is 54.4 Å². The molecular formula is C20H21N3O4. The van der Waals surface area contributed by atoms with Crippen LogP contribution in [-0.2, 0) is 11.2 Å². The number of nitrogens with zero attached hydrogens (tertiary/aromatic N) is 3. The number of benzene rings is 1. The number of likely N-dealkylation sites (N-methyl/N-ethyl adjacent to an activating group) is 1. The maximum Gasteiger partial charge on any atom is 0.264 e. The Hall–Kier alpha value is -2.80. The first-order valence-electron chi connectivity index (χ1n) is 9.21. The first-order chi connectivity index (χ1) is 13.2. The molecule has 7 nitrogen and oxygen atoms in total. The van der Waals surface area contributed by atoms with Crippen molar-refractivity contribution in [3.05, 3.63) is 36.0 Å². The zero-order chi connectivity index (χ0) is 18.4. The predicted octanol–water partition coefficient (Wildman–Crippen LogP) is 1.55. The molecule has 0 saturated carbocycles. The first-order valence-corrected chi connectivity index (χ1v) is 9.21. The van der Waals surface area contributed by atoms with Crippen molar-refractivity contribution in [2.75, 3.05) is 40.0 Å². The molecule has 1 aromatic carbocycles. The highest BCUT2D eigenvalue weighted by Crippen LogP contribution is 2.40. The van der Waals surface area contributed by atoms with Gasteiger partial charge >= 0.3 is 0 Å². The molecule has 1 amide bonds. The topological polar surface area (TPSA) is 64.1 Å². The molecular weight excluding hydrogens is 346 g/mol. The normalized spacial score (nSPS) is 21.1. The molecule has 0 bridgehead atoms. The summed E-state index contributed by atoms with van der Waals surface area (Å²) in [5.74, 6) is 2.10. The van der Waals surface area contributed by atoms with E-state index in [-0.39, 0.29) is 12.7 Å². The molecule has 1 aromatic heterocycles. The molecule has 5 rings (SSSR count). The van der Waals surface area contributed by atoms with E-state index >= 15 is 0 Å². The third-order valence-electron chi connectivity index (χ3n) is 5.43. The van der Waals surface area contributed by atoms with Crippen LogP contribution in [0, 0.1) is 0 Å². The molecule has 7 heteroatoms. The van der Waals surface area contributed by atoms with Crippen LogP contribution in [0.1, 0.15) is 5.56 Å². The summed E-state index contributed by atoms with van der Waals surface area (Å²) in [4.78, 5) is 21.4. The summed E-state index contributed by atoms with van der Waals surface area (Å²) in [6.45, 7) is 3.53. The number of rotatable bonds is 2. The van der Waals surface area contributed by atoms with Crippen LogP contribution in [0.25, 0.3) is 11.1 Å². The molecule has 1 atom stereocenters. The standard InChI is InChI=1S/C20H21N3O4/c1-22-6-8-23(9-7-22)20(24)18-11-15-14(4-5-21-19(15)27-18)13-2-3-16-17(10-13)26-12-25-16/h2-5,10,18H,6-9,11-12H2,1H3. The highest BCUT2D eigenvalue weighted by Gasteiger charge is 2.35.